The lowest BCUT2D eigenvalue weighted by atomic mass is 9.78. The summed E-state index contributed by atoms with van der Waals surface area (Å²) < 4.78 is 9.97. The highest BCUT2D eigenvalue weighted by atomic mass is 16.5. The molecule has 2 aromatic rings. The molecule has 7 heteroatoms. The number of aromatic nitrogens is 2. The Labute approximate surface area is 177 Å². The molecule has 30 heavy (non-hydrogen) atoms. The third-order valence-electron chi connectivity index (χ3n) is 6.70. The van der Waals surface area contributed by atoms with Crippen LogP contribution in [0, 0.1) is 6.92 Å². The first-order chi connectivity index (χ1) is 14.4. The average Bonchev–Trinajstić information content (AvgIpc) is 2.94. The van der Waals surface area contributed by atoms with Gasteiger partial charge in [0, 0.05) is 39.3 Å². The summed E-state index contributed by atoms with van der Waals surface area (Å²) in [6.07, 6.45) is 4.10. The minimum absolute atomic E-state index is 0.00773. The van der Waals surface area contributed by atoms with Crippen LogP contribution < -0.4 is 10.9 Å². The first kappa shape index (κ1) is 20.9. The van der Waals surface area contributed by atoms with Crippen molar-refractivity contribution in [3.05, 3.63) is 51.9 Å². The Morgan fingerprint density at radius 1 is 1.27 bits per heavy atom. The maximum Gasteiger partial charge on any atom is 0.276 e. The predicted octanol–water partition coefficient (Wildman–Crippen LogP) is 2.13. The number of carbonyl (C=O) groups is 1. The summed E-state index contributed by atoms with van der Waals surface area (Å²) in [7, 11) is 1.93. The van der Waals surface area contributed by atoms with Gasteiger partial charge in [0.2, 0.25) is 5.91 Å². The maximum absolute atomic E-state index is 13.3. The molecular formula is C23H32N4O3. The molecule has 1 amide bonds. The van der Waals surface area contributed by atoms with E-state index in [0.29, 0.717) is 13.2 Å². The molecule has 0 unspecified atom stereocenters. The lowest BCUT2D eigenvalue weighted by molar-refractivity contribution is -0.150. The van der Waals surface area contributed by atoms with Crippen LogP contribution in [-0.2, 0) is 23.1 Å². The van der Waals surface area contributed by atoms with Gasteiger partial charge in [-0.3, -0.25) is 19.2 Å². The summed E-state index contributed by atoms with van der Waals surface area (Å²) in [5.74, 6) is -0.00773. The Hall–Kier alpha value is -2.38. The van der Waals surface area contributed by atoms with Crippen LogP contribution in [-0.4, -0.2) is 51.5 Å². The second-order valence-electron chi connectivity index (χ2n) is 8.66. The SMILES string of the molecule is CC(=O)N[C@H]1CCCC[C@]12CN(Cc1c(C)n(C)n(-c3ccccc3)c1=O)CCO2. The van der Waals surface area contributed by atoms with Gasteiger partial charge in [0.25, 0.3) is 5.56 Å². The monoisotopic (exact) mass is 412 g/mol. The Bertz CT molecular complexity index is 961. The van der Waals surface area contributed by atoms with E-state index in [-0.39, 0.29) is 23.1 Å². The van der Waals surface area contributed by atoms with Crippen molar-refractivity contribution in [1.82, 2.24) is 19.6 Å². The van der Waals surface area contributed by atoms with E-state index in [2.05, 4.69) is 10.2 Å². The topological polar surface area (TPSA) is 68.5 Å². The van der Waals surface area contributed by atoms with E-state index >= 15 is 0 Å². The predicted molar refractivity (Wildman–Crippen MR) is 116 cm³/mol. The number of rotatable bonds is 4. The van der Waals surface area contributed by atoms with Crippen LogP contribution in [0.4, 0.5) is 0 Å². The van der Waals surface area contributed by atoms with Crippen molar-refractivity contribution in [3.63, 3.8) is 0 Å². The van der Waals surface area contributed by atoms with E-state index in [0.717, 1.165) is 55.7 Å². The van der Waals surface area contributed by atoms with Crippen LogP contribution in [0.25, 0.3) is 5.69 Å². The second kappa shape index (κ2) is 8.40. The number of nitrogens with zero attached hydrogens (tertiary/aromatic N) is 3. The highest BCUT2D eigenvalue weighted by Crippen LogP contribution is 2.35. The zero-order chi connectivity index (χ0) is 21.3. The average molecular weight is 413 g/mol. The molecule has 7 nitrogen and oxygen atoms in total. The second-order valence-corrected chi connectivity index (χ2v) is 8.66. The molecule has 2 atom stereocenters. The highest BCUT2D eigenvalue weighted by Gasteiger charge is 2.45. The van der Waals surface area contributed by atoms with Crippen molar-refractivity contribution < 1.29 is 9.53 Å². The molecule has 2 aliphatic rings. The van der Waals surface area contributed by atoms with Gasteiger partial charge in [0.15, 0.2) is 0 Å². The van der Waals surface area contributed by atoms with Crippen molar-refractivity contribution in [2.45, 2.75) is 57.7 Å². The summed E-state index contributed by atoms with van der Waals surface area (Å²) in [5, 5.41) is 3.12. The number of morpholine rings is 1. The summed E-state index contributed by atoms with van der Waals surface area (Å²) >= 11 is 0. The van der Waals surface area contributed by atoms with E-state index in [1.807, 2.05) is 49.0 Å². The highest BCUT2D eigenvalue weighted by molar-refractivity contribution is 5.73. The molecule has 2 fully saturated rings. The normalized spacial score (nSPS) is 24.8. The number of ether oxygens (including phenoxy) is 1. The quantitative estimate of drug-likeness (QED) is 0.835. The Balaban J connectivity index is 1.59. The fourth-order valence-corrected chi connectivity index (χ4v) is 5.07. The Kier molecular flexibility index (Phi) is 5.84. The zero-order valence-electron chi connectivity index (χ0n) is 18.2. The molecule has 1 aromatic heterocycles. The summed E-state index contributed by atoms with van der Waals surface area (Å²) in [4.78, 5) is 27.4. The van der Waals surface area contributed by atoms with Crippen molar-refractivity contribution in [2.75, 3.05) is 19.7 Å². The fraction of sp³-hybridized carbons (Fsp3) is 0.565. The van der Waals surface area contributed by atoms with Crippen LogP contribution >= 0.6 is 0 Å². The summed E-state index contributed by atoms with van der Waals surface area (Å²) in [6, 6.07) is 9.78. The van der Waals surface area contributed by atoms with Gasteiger partial charge >= 0.3 is 0 Å². The third kappa shape index (κ3) is 3.84. The Morgan fingerprint density at radius 2 is 2.03 bits per heavy atom. The number of hydrogen-bond acceptors (Lipinski definition) is 4. The van der Waals surface area contributed by atoms with Gasteiger partial charge in [-0.2, -0.15) is 0 Å². The number of hydrogen-bond donors (Lipinski definition) is 1. The zero-order valence-corrected chi connectivity index (χ0v) is 18.2. The molecule has 1 N–H and O–H groups in total. The van der Waals surface area contributed by atoms with Crippen molar-refractivity contribution in [2.24, 2.45) is 7.05 Å². The third-order valence-corrected chi connectivity index (χ3v) is 6.70. The molecule has 4 rings (SSSR count). The molecule has 1 saturated carbocycles. The van der Waals surface area contributed by atoms with Gasteiger partial charge < -0.3 is 10.1 Å². The minimum atomic E-state index is -0.358. The van der Waals surface area contributed by atoms with E-state index in [1.54, 1.807) is 11.6 Å². The minimum Gasteiger partial charge on any atom is -0.370 e. The van der Waals surface area contributed by atoms with Crippen molar-refractivity contribution >= 4 is 5.91 Å². The summed E-state index contributed by atoms with van der Waals surface area (Å²) in [5.41, 5.74) is 2.35. The standard InChI is InChI=1S/C23H32N4O3/c1-17-20(22(29)27(25(17)3)19-9-5-4-6-10-19)15-26-13-14-30-23(16-26)12-8-7-11-21(23)24-18(2)28/h4-6,9-10,21H,7-8,11-16H2,1-3H3,(H,24,28)/t21-,23-/m0/s1. The molecule has 2 heterocycles. The molecule has 1 saturated heterocycles. The van der Waals surface area contributed by atoms with E-state index < -0.39 is 0 Å². The Morgan fingerprint density at radius 3 is 2.77 bits per heavy atom. The molecule has 0 bridgehead atoms. The molecule has 1 aliphatic carbocycles. The molecule has 1 aromatic carbocycles. The van der Waals surface area contributed by atoms with Gasteiger partial charge in [-0.1, -0.05) is 31.0 Å². The van der Waals surface area contributed by atoms with Crippen LogP contribution in [0.15, 0.2) is 35.1 Å². The maximum atomic E-state index is 13.3. The number of amides is 1. The van der Waals surface area contributed by atoms with Crippen LogP contribution in [0.3, 0.4) is 0 Å². The van der Waals surface area contributed by atoms with Crippen molar-refractivity contribution in [1.29, 1.82) is 0 Å². The van der Waals surface area contributed by atoms with Gasteiger partial charge in [-0.15, -0.1) is 0 Å². The van der Waals surface area contributed by atoms with Crippen LogP contribution in [0.5, 0.6) is 0 Å². The number of nitrogens with one attached hydrogen (secondary N) is 1. The van der Waals surface area contributed by atoms with E-state index in [9.17, 15) is 9.59 Å². The smallest absolute Gasteiger partial charge is 0.276 e. The molecule has 162 valence electrons. The summed E-state index contributed by atoms with van der Waals surface area (Å²) in [6.45, 7) is 6.31. The van der Waals surface area contributed by atoms with Crippen LogP contribution in [0.1, 0.15) is 43.9 Å². The van der Waals surface area contributed by atoms with Gasteiger partial charge in [0.1, 0.15) is 5.60 Å². The van der Waals surface area contributed by atoms with E-state index in [4.69, 9.17) is 4.74 Å². The number of para-hydroxylation sites is 1. The number of carbonyl (C=O) groups excluding carboxylic acids is 1. The fourth-order valence-electron chi connectivity index (χ4n) is 5.07. The van der Waals surface area contributed by atoms with Gasteiger partial charge in [0.05, 0.1) is 23.9 Å². The first-order valence-electron chi connectivity index (χ1n) is 10.9. The van der Waals surface area contributed by atoms with Gasteiger partial charge in [-0.05, 0) is 31.9 Å². The van der Waals surface area contributed by atoms with Crippen LogP contribution in [0.2, 0.25) is 0 Å². The molecule has 1 aliphatic heterocycles. The van der Waals surface area contributed by atoms with Crippen molar-refractivity contribution in [3.8, 4) is 5.69 Å². The number of benzene rings is 1. The van der Waals surface area contributed by atoms with E-state index in [1.165, 1.54) is 0 Å². The molecular weight excluding hydrogens is 380 g/mol. The lowest BCUT2D eigenvalue weighted by Gasteiger charge is -2.49. The lowest BCUT2D eigenvalue weighted by Crippen LogP contribution is -2.63. The molecule has 0 radical (unpaired) electrons. The van der Waals surface area contributed by atoms with Gasteiger partial charge in [-0.25, -0.2) is 4.68 Å². The molecule has 1 spiro atoms. The largest absolute Gasteiger partial charge is 0.370 e. The first-order valence-corrected chi connectivity index (χ1v) is 10.9.